The second kappa shape index (κ2) is 8.32. The lowest BCUT2D eigenvalue weighted by Crippen LogP contribution is -2.30. The summed E-state index contributed by atoms with van der Waals surface area (Å²) in [5.74, 6) is -0.831. The molecule has 0 aliphatic carbocycles. The van der Waals surface area contributed by atoms with Gasteiger partial charge in [0.2, 0.25) is 0 Å². The molecule has 0 saturated carbocycles. The van der Waals surface area contributed by atoms with Gasteiger partial charge in [0, 0.05) is 17.6 Å². The fourth-order valence-electron chi connectivity index (χ4n) is 1.37. The zero-order valence-corrected chi connectivity index (χ0v) is 11.4. The first-order valence-electron chi connectivity index (χ1n) is 5.92. The summed E-state index contributed by atoms with van der Waals surface area (Å²) in [5, 5.41) is 3.35. The van der Waals surface area contributed by atoms with E-state index >= 15 is 0 Å². The van der Waals surface area contributed by atoms with Gasteiger partial charge in [0.15, 0.2) is 6.61 Å². The van der Waals surface area contributed by atoms with Crippen molar-refractivity contribution in [1.29, 1.82) is 0 Å². The number of benzene rings is 1. The van der Waals surface area contributed by atoms with Crippen molar-refractivity contribution in [3.05, 3.63) is 47.0 Å². The second-order valence-corrected chi connectivity index (χ2v) is 4.27. The zero-order chi connectivity index (χ0) is 14.1. The summed E-state index contributed by atoms with van der Waals surface area (Å²) in [6.45, 7) is 1.93. The minimum absolute atomic E-state index is 0.260. The topological polar surface area (TPSA) is 55.4 Å². The first-order chi connectivity index (χ1) is 9.11. The van der Waals surface area contributed by atoms with Crippen molar-refractivity contribution in [2.75, 3.05) is 13.2 Å². The van der Waals surface area contributed by atoms with E-state index in [-0.39, 0.29) is 12.5 Å². The van der Waals surface area contributed by atoms with Crippen LogP contribution in [-0.4, -0.2) is 25.0 Å². The summed E-state index contributed by atoms with van der Waals surface area (Å²) in [6, 6.07) is 7.41. The van der Waals surface area contributed by atoms with E-state index in [0.717, 1.165) is 5.56 Å². The highest BCUT2D eigenvalue weighted by atomic mass is 35.5. The van der Waals surface area contributed by atoms with Gasteiger partial charge in [-0.25, -0.2) is 4.79 Å². The number of ether oxygens (including phenoxy) is 1. The maximum atomic E-state index is 11.4. The first-order valence-corrected chi connectivity index (χ1v) is 6.30. The van der Waals surface area contributed by atoms with Gasteiger partial charge in [-0.05, 0) is 31.0 Å². The highest BCUT2D eigenvalue weighted by Gasteiger charge is 2.04. The van der Waals surface area contributed by atoms with E-state index in [1.807, 2.05) is 12.1 Å². The third-order valence-corrected chi connectivity index (χ3v) is 2.55. The fraction of sp³-hybridized carbons (Fsp3) is 0.286. The lowest BCUT2D eigenvalue weighted by Gasteiger charge is -2.05. The first kappa shape index (κ1) is 15.2. The summed E-state index contributed by atoms with van der Waals surface area (Å²) in [4.78, 5) is 22.3. The molecule has 1 aromatic rings. The van der Waals surface area contributed by atoms with Gasteiger partial charge in [-0.15, -0.1) is 0 Å². The van der Waals surface area contributed by atoms with Crippen LogP contribution in [0.25, 0.3) is 0 Å². The van der Waals surface area contributed by atoms with Crippen LogP contribution in [0.5, 0.6) is 0 Å². The number of amides is 1. The number of esters is 1. The van der Waals surface area contributed by atoms with E-state index in [0.29, 0.717) is 18.0 Å². The van der Waals surface area contributed by atoms with Gasteiger partial charge in [0.1, 0.15) is 0 Å². The van der Waals surface area contributed by atoms with Crippen LogP contribution in [0.2, 0.25) is 5.02 Å². The molecule has 0 bridgehead atoms. The predicted octanol–water partition coefficient (Wildman–Crippen LogP) is 2.12. The summed E-state index contributed by atoms with van der Waals surface area (Å²) in [6.07, 6.45) is 3.52. The lowest BCUT2D eigenvalue weighted by atomic mass is 10.1. The lowest BCUT2D eigenvalue weighted by molar-refractivity contribution is -0.143. The Morgan fingerprint density at radius 3 is 2.63 bits per heavy atom. The van der Waals surface area contributed by atoms with Crippen LogP contribution < -0.4 is 5.32 Å². The second-order valence-electron chi connectivity index (χ2n) is 3.83. The van der Waals surface area contributed by atoms with Crippen LogP contribution in [0.4, 0.5) is 0 Å². The Bertz CT molecular complexity index is 454. The molecule has 0 aliphatic heterocycles. The Hall–Kier alpha value is -1.81. The Morgan fingerprint density at radius 1 is 1.32 bits per heavy atom. The summed E-state index contributed by atoms with van der Waals surface area (Å²) >= 11 is 5.77. The SMILES string of the molecule is C/C=C/C(=O)OCC(=O)NCCc1ccc(Cl)cc1. The van der Waals surface area contributed by atoms with Crippen LogP contribution in [0, 0.1) is 0 Å². The molecule has 1 N–H and O–H groups in total. The Kier molecular flexibility index (Phi) is 6.68. The number of hydrogen-bond donors (Lipinski definition) is 1. The van der Waals surface area contributed by atoms with Crippen molar-refractivity contribution in [1.82, 2.24) is 5.32 Å². The normalized spacial score (nSPS) is 10.4. The molecule has 0 atom stereocenters. The maximum Gasteiger partial charge on any atom is 0.330 e. The average Bonchev–Trinajstić information content (AvgIpc) is 2.39. The monoisotopic (exact) mass is 281 g/mol. The van der Waals surface area contributed by atoms with Crippen molar-refractivity contribution < 1.29 is 14.3 Å². The van der Waals surface area contributed by atoms with Crippen molar-refractivity contribution in [2.24, 2.45) is 0 Å². The molecule has 4 nitrogen and oxygen atoms in total. The molecule has 19 heavy (non-hydrogen) atoms. The van der Waals surface area contributed by atoms with Gasteiger partial charge in [-0.3, -0.25) is 4.79 Å². The molecule has 0 unspecified atom stereocenters. The molecule has 0 radical (unpaired) electrons. The van der Waals surface area contributed by atoms with Crippen molar-refractivity contribution in [3.8, 4) is 0 Å². The van der Waals surface area contributed by atoms with Crippen molar-refractivity contribution in [2.45, 2.75) is 13.3 Å². The number of halogens is 1. The molecule has 0 aliphatic rings. The van der Waals surface area contributed by atoms with E-state index in [4.69, 9.17) is 16.3 Å². The molecule has 5 heteroatoms. The van der Waals surface area contributed by atoms with Crippen LogP contribution in [0.1, 0.15) is 12.5 Å². The molecule has 102 valence electrons. The van der Waals surface area contributed by atoms with Gasteiger partial charge in [0.05, 0.1) is 0 Å². The third kappa shape index (κ3) is 6.62. The number of nitrogens with one attached hydrogen (secondary N) is 1. The predicted molar refractivity (Wildman–Crippen MR) is 73.9 cm³/mol. The Labute approximate surface area is 117 Å². The van der Waals surface area contributed by atoms with Gasteiger partial charge in [0.25, 0.3) is 5.91 Å². The zero-order valence-electron chi connectivity index (χ0n) is 10.7. The van der Waals surface area contributed by atoms with Gasteiger partial charge in [-0.2, -0.15) is 0 Å². The van der Waals surface area contributed by atoms with Crippen LogP contribution in [0.15, 0.2) is 36.4 Å². The van der Waals surface area contributed by atoms with Crippen LogP contribution in [0.3, 0.4) is 0 Å². The quantitative estimate of drug-likeness (QED) is 0.642. The van der Waals surface area contributed by atoms with Gasteiger partial charge < -0.3 is 10.1 Å². The largest absolute Gasteiger partial charge is 0.452 e. The van der Waals surface area contributed by atoms with E-state index in [9.17, 15) is 9.59 Å². The Balaban J connectivity index is 2.20. The van der Waals surface area contributed by atoms with E-state index < -0.39 is 5.97 Å². The molecular weight excluding hydrogens is 266 g/mol. The highest BCUT2D eigenvalue weighted by molar-refractivity contribution is 6.30. The molecule has 0 spiro atoms. The van der Waals surface area contributed by atoms with Gasteiger partial charge in [-0.1, -0.05) is 29.8 Å². The summed E-state index contributed by atoms with van der Waals surface area (Å²) in [5.41, 5.74) is 1.08. The smallest absolute Gasteiger partial charge is 0.330 e. The number of carbonyl (C=O) groups excluding carboxylic acids is 2. The fourth-order valence-corrected chi connectivity index (χ4v) is 1.50. The van der Waals surface area contributed by atoms with Gasteiger partial charge >= 0.3 is 5.97 Å². The molecule has 1 amide bonds. The van der Waals surface area contributed by atoms with Crippen molar-refractivity contribution in [3.63, 3.8) is 0 Å². The molecule has 0 aromatic heterocycles. The number of hydrogen-bond acceptors (Lipinski definition) is 3. The molecule has 0 heterocycles. The number of rotatable bonds is 6. The summed E-state index contributed by atoms with van der Waals surface area (Å²) < 4.78 is 4.71. The minimum atomic E-state index is -0.518. The summed E-state index contributed by atoms with van der Waals surface area (Å²) in [7, 11) is 0. The third-order valence-electron chi connectivity index (χ3n) is 2.30. The van der Waals surface area contributed by atoms with E-state index in [1.165, 1.54) is 6.08 Å². The standard InChI is InChI=1S/C14H16ClNO3/c1-2-3-14(18)19-10-13(17)16-9-8-11-4-6-12(15)7-5-11/h2-7H,8-10H2,1H3,(H,16,17)/b3-2+. The maximum absolute atomic E-state index is 11.4. The minimum Gasteiger partial charge on any atom is -0.452 e. The number of carbonyl (C=O) groups is 2. The molecule has 0 fully saturated rings. The molecule has 0 saturated heterocycles. The van der Waals surface area contributed by atoms with E-state index in [1.54, 1.807) is 25.1 Å². The Morgan fingerprint density at radius 2 is 2.00 bits per heavy atom. The van der Waals surface area contributed by atoms with Crippen LogP contribution >= 0.6 is 11.6 Å². The molecular formula is C14H16ClNO3. The van der Waals surface area contributed by atoms with E-state index in [2.05, 4.69) is 5.32 Å². The average molecular weight is 282 g/mol. The number of allylic oxidation sites excluding steroid dienone is 1. The highest BCUT2D eigenvalue weighted by Crippen LogP contribution is 2.09. The molecule has 1 rings (SSSR count). The van der Waals surface area contributed by atoms with Crippen molar-refractivity contribution >= 4 is 23.5 Å². The van der Waals surface area contributed by atoms with Crippen LogP contribution in [-0.2, 0) is 20.7 Å². The molecule has 1 aromatic carbocycles.